The predicted molar refractivity (Wildman–Crippen MR) is 81.7 cm³/mol. The van der Waals surface area contributed by atoms with Crippen LogP contribution in [0, 0.1) is 11.7 Å². The predicted octanol–water partition coefficient (Wildman–Crippen LogP) is 3.79. The molecule has 1 N–H and O–H groups in total. The number of benzene rings is 1. The molecule has 2 aromatic rings. The highest BCUT2D eigenvalue weighted by Gasteiger charge is 2.09. The molecule has 0 unspecified atom stereocenters. The number of nitrogens with zero attached hydrogens (tertiary/aromatic N) is 2. The molecule has 0 spiro atoms. The molecule has 0 saturated carbocycles. The zero-order valence-electron chi connectivity index (χ0n) is 11.5. The molecule has 6 heteroatoms. The SMILES string of the molecule is CC(C)CNCCc1nnc(-c2ccc(Cl)c(F)c2)s1. The lowest BCUT2D eigenvalue weighted by Crippen LogP contribution is -2.22. The van der Waals surface area contributed by atoms with E-state index in [0.717, 1.165) is 29.5 Å². The van der Waals surface area contributed by atoms with Gasteiger partial charge in [-0.2, -0.15) is 0 Å². The molecule has 2 rings (SSSR count). The molecule has 0 fully saturated rings. The zero-order valence-corrected chi connectivity index (χ0v) is 13.1. The summed E-state index contributed by atoms with van der Waals surface area (Å²) in [5.41, 5.74) is 0.714. The minimum atomic E-state index is -0.431. The third-order valence-corrected chi connectivity index (χ3v) is 4.04. The lowest BCUT2D eigenvalue weighted by atomic mass is 10.2. The number of hydrogen-bond donors (Lipinski definition) is 1. The fraction of sp³-hybridized carbons (Fsp3) is 0.429. The standard InChI is InChI=1S/C14H17ClFN3S/c1-9(2)8-17-6-5-13-18-19-14(20-13)10-3-4-11(15)12(16)7-10/h3-4,7,9,17H,5-6,8H2,1-2H3. The van der Waals surface area contributed by atoms with Gasteiger partial charge in [-0.1, -0.05) is 42.9 Å². The maximum absolute atomic E-state index is 13.4. The van der Waals surface area contributed by atoms with E-state index in [9.17, 15) is 4.39 Å². The molecule has 0 aliphatic heterocycles. The van der Waals surface area contributed by atoms with E-state index in [0.29, 0.717) is 11.5 Å². The molecule has 20 heavy (non-hydrogen) atoms. The second-order valence-electron chi connectivity index (χ2n) is 4.98. The highest BCUT2D eigenvalue weighted by Crippen LogP contribution is 2.26. The quantitative estimate of drug-likeness (QED) is 0.825. The summed E-state index contributed by atoms with van der Waals surface area (Å²) in [6, 6.07) is 4.69. The largest absolute Gasteiger partial charge is 0.316 e. The van der Waals surface area contributed by atoms with Gasteiger partial charge in [0.15, 0.2) is 0 Å². The zero-order chi connectivity index (χ0) is 14.5. The van der Waals surface area contributed by atoms with Gasteiger partial charge in [0.2, 0.25) is 0 Å². The monoisotopic (exact) mass is 313 g/mol. The van der Waals surface area contributed by atoms with Crippen molar-refractivity contribution in [2.75, 3.05) is 13.1 Å². The second-order valence-corrected chi connectivity index (χ2v) is 6.45. The molecule has 0 bridgehead atoms. The molecule has 0 saturated heterocycles. The van der Waals surface area contributed by atoms with Crippen molar-refractivity contribution in [1.82, 2.24) is 15.5 Å². The summed E-state index contributed by atoms with van der Waals surface area (Å²) >= 11 is 7.15. The van der Waals surface area contributed by atoms with Gasteiger partial charge < -0.3 is 5.32 Å². The van der Waals surface area contributed by atoms with Crippen LogP contribution in [0.15, 0.2) is 18.2 Å². The summed E-state index contributed by atoms with van der Waals surface area (Å²) in [5.74, 6) is 0.205. The van der Waals surface area contributed by atoms with Gasteiger partial charge in [-0.25, -0.2) is 4.39 Å². The minimum Gasteiger partial charge on any atom is -0.316 e. The van der Waals surface area contributed by atoms with Crippen molar-refractivity contribution >= 4 is 22.9 Å². The minimum absolute atomic E-state index is 0.122. The van der Waals surface area contributed by atoms with Crippen molar-refractivity contribution in [3.05, 3.63) is 34.0 Å². The van der Waals surface area contributed by atoms with Gasteiger partial charge in [0, 0.05) is 18.5 Å². The van der Waals surface area contributed by atoms with Crippen molar-refractivity contribution in [3.63, 3.8) is 0 Å². The van der Waals surface area contributed by atoms with Crippen molar-refractivity contribution in [2.45, 2.75) is 20.3 Å². The van der Waals surface area contributed by atoms with E-state index in [1.165, 1.54) is 23.5 Å². The Bertz CT molecular complexity index is 571. The van der Waals surface area contributed by atoms with Gasteiger partial charge >= 0.3 is 0 Å². The summed E-state index contributed by atoms with van der Waals surface area (Å²) in [7, 11) is 0. The van der Waals surface area contributed by atoms with Crippen LogP contribution >= 0.6 is 22.9 Å². The lowest BCUT2D eigenvalue weighted by Gasteiger charge is -2.05. The summed E-state index contributed by atoms with van der Waals surface area (Å²) in [5, 5.41) is 13.4. The Morgan fingerprint density at radius 2 is 2.15 bits per heavy atom. The van der Waals surface area contributed by atoms with Crippen LogP contribution < -0.4 is 5.32 Å². The first-order valence-electron chi connectivity index (χ1n) is 6.55. The number of hydrogen-bond acceptors (Lipinski definition) is 4. The third kappa shape index (κ3) is 4.23. The molecular formula is C14H17ClFN3S. The van der Waals surface area contributed by atoms with E-state index in [2.05, 4.69) is 29.4 Å². The number of halogens is 2. The van der Waals surface area contributed by atoms with Gasteiger partial charge in [-0.15, -0.1) is 10.2 Å². The molecule has 0 aliphatic rings. The molecule has 0 amide bonds. The first-order valence-corrected chi connectivity index (χ1v) is 7.74. The van der Waals surface area contributed by atoms with Crippen molar-refractivity contribution in [1.29, 1.82) is 0 Å². The van der Waals surface area contributed by atoms with Crippen molar-refractivity contribution in [2.24, 2.45) is 5.92 Å². The van der Waals surface area contributed by atoms with Gasteiger partial charge in [-0.05, 0) is 24.6 Å². The second kappa shape index (κ2) is 7.11. The van der Waals surface area contributed by atoms with E-state index in [1.807, 2.05) is 0 Å². The Labute approximate surface area is 127 Å². The summed E-state index contributed by atoms with van der Waals surface area (Å²) in [6.45, 7) is 6.21. The molecule has 0 aliphatic carbocycles. The van der Waals surface area contributed by atoms with Crippen molar-refractivity contribution < 1.29 is 4.39 Å². The van der Waals surface area contributed by atoms with Crippen LogP contribution in [-0.2, 0) is 6.42 Å². The van der Waals surface area contributed by atoms with Gasteiger partial charge in [0.05, 0.1) is 5.02 Å². The van der Waals surface area contributed by atoms with Crippen LogP contribution in [0.3, 0.4) is 0 Å². The normalized spacial score (nSPS) is 11.2. The van der Waals surface area contributed by atoms with Gasteiger partial charge in [-0.3, -0.25) is 0 Å². The maximum Gasteiger partial charge on any atom is 0.147 e. The topological polar surface area (TPSA) is 37.8 Å². The Hall–Kier alpha value is -1.04. The molecule has 3 nitrogen and oxygen atoms in total. The van der Waals surface area contributed by atoms with E-state index >= 15 is 0 Å². The smallest absolute Gasteiger partial charge is 0.147 e. The Balaban J connectivity index is 1.96. The number of aromatic nitrogens is 2. The van der Waals surface area contributed by atoms with E-state index in [1.54, 1.807) is 6.07 Å². The van der Waals surface area contributed by atoms with E-state index in [-0.39, 0.29) is 5.02 Å². The molecular weight excluding hydrogens is 297 g/mol. The fourth-order valence-electron chi connectivity index (χ4n) is 1.69. The third-order valence-electron chi connectivity index (χ3n) is 2.70. The summed E-state index contributed by atoms with van der Waals surface area (Å²) in [4.78, 5) is 0. The van der Waals surface area contributed by atoms with Crippen molar-refractivity contribution in [3.8, 4) is 10.6 Å². The van der Waals surface area contributed by atoms with E-state index in [4.69, 9.17) is 11.6 Å². The molecule has 1 heterocycles. The Kier molecular flexibility index (Phi) is 5.46. The number of nitrogens with one attached hydrogen (secondary N) is 1. The van der Waals surface area contributed by atoms with Crippen LogP contribution in [-0.4, -0.2) is 23.3 Å². The van der Waals surface area contributed by atoms with Crippen LogP contribution in [0.5, 0.6) is 0 Å². The maximum atomic E-state index is 13.4. The average molecular weight is 314 g/mol. The first kappa shape index (κ1) is 15.4. The number of rotatable bonds is 6. The highest BCUT2D eigenvalue weighted by atomic mass is 35.5. The van der Waals surface area contributed by atoms with Crippen LogP contribution in [0.1, 0.15) is 18.9 Å². The average Bonchev–Trinajstić information content (AvgIpc) is 2.86. The Morgan fingerprint density at radius 3 is 2.85 bits per heavy atom. The molecule has 1 aromatic carbocycles. The molecule has 108 valence electrons. The van der Waals surface area contributed by atoms with Crippen LogP contribution in [0.25, 0.3) is 10.6 Å². The fourth-order valence-corrected chi connectivity index (χ4v) is 2.64. The molecule has 1 aromatic heterocycles. The van der Waals surface area contributed by atoms with E-state index < -0.39 is 5.82 Å². The van der Waals surface area contributed by atoms with Crippen LogP contribution in [0.2, 0.25) is 5.02 Å². The lowest BCUT2D eigenvalue weighted by molar-refractivity contribution is 0.553. The summed E-state index contributed by atoms with van der Waals surface area (Å²) in [6.07, 6.45) is 0.834. The summed E-state index contributed by atoms with van der Waals surface area (Å²) < 4.78 is 13.4. The molecule has 0 radical (unpaired) electrons. The van der Waals surface area contributed by atoms with Gasteiger partial charge in [0.1, 0.15) is 15.8 Å². The molecule has 0 atom stereocenters. The Morgan fingerprint density at radius 1 is 1.35 bits per heavy atom. The highest BCUT2D eigenvalue weighted by molar-refractivity contribution is 7.14. The van der Waals surface area contributed by atoms with Crippen LogP contribution in [0.4, 0.5) is 4.39 Å². The first-order chi connectivity index (χ1) is 9.56. The van der Waals surface area contributed by atoms with Gasteiger partial charge in [0.25, 0.3) is 0 Å².